The molecule has 0 radical (unpaired) electrons. The lowest BCUT2D eigenvalue weighted by atomic mass is 9.98. The van der Waals surface area contributed by atoms with Crippen molar-refractivity contribution in [1.29, 1.82) is 0 Å². The number of para-hydroxylation sites is 1. The minimum atomic E-state index is -1.03. The summed E-state index contributed by atoms with van der Waals surface area (Å²) in [4.78, 5) is 44.4. The Morgan fingerprint density at radius 2 is 1.80 bits per heavy atom. The average Bonchev–Trinajstić information content (AvgIpc) is 3.55. The highest BCUT2D eigenvalue weighted by atomic mass is 35.5. The lowest BCUT2D eigenvalue weighted by molar-refractivity contribution is -0.159. The summed E-state index contributed by atoms with van der Waals surface area (Å²) >= 11 is 18.8. The molecule has 282 valence electrons. The molecule has 6 rings (SSSR count). The fourth-order valence-corrected chi connectivity index (χ4v) is 7.16. The van der Waals surface area contributed by atoms with Gasteiger partial charge in [-0.2, -0.15) is 5.10 Å². The number of carbonyl (C=O) groups excluding carboxylic acids is 3. The third kappa shape index (κ3) is 8.57. The van der Waals surface area contributed by atoms with E-state index in [2.05, 4.69) is 15.4 Å². The van der Waals surface area contributed by atoms with E-state index in [1.54, 1.807) is 31.2 Å². The number of nitrogens with zero attached hydrogens (tertiary/aromatic N) is 4. The summed E-state index contributed by atoms with van der Waals surface area (Å²) in [6, 6.07) is 9.38. The highest BCUT2D eigenvalue weighted by Crippen LogP contribution is 2.35. The van der Waals surface area contributed by atoms with E-state index in [4.69, 9.17) is 49.0 Å². The summed E-state index contributed by atoms with van der Waals surface area (Å²) in [6.07, 6.45) is 2.33. The molecule has 2 aromatic heterocycles. The molecule has 2 atom stereocenters. The molecule has 0 aliphatic carbocycles. The minimum absolute atomic E-state index is 0.00960. The van der Waals surface area contributed by atoms with Gasteiger partial charge in [-0.15, -0.1) is 11.6 Å². The average molecular weight is 805 g/mol. The number of benzene rings is 3. The number of aryl methyl sites for hydroxylation is 1. The van der Waals surface area contributed by atoms with E-state index >= 15 is 0 Å². The van der Waals surface area contributed by atoms with Crippen molar-refractivity contribution < 1.29 is 41.8 Å². The fraction of sp³-hybridized carbons (Fsp3) is 0.270. The summed E-state index contributed by atoms with van der Waals surface area (Å²) in [6.45, 7) is 1.25. The number of halogens is 6. The number of esters is 1. The molecule has 3 aromatic carbocycles. The topological polar surface area (TPSA) is 125 Å². The Bertz CT molecular complexity index is 2260. The highest BCUT2D eigenvalue weighted by molar-refractivity contribution is 6.32. The van der Waals surface area contributed by atoms with Crippen LogP contribution in [-0.2, 0) is 36.3 Å². The number of carbonyl (C=O) groups is 3. The van der Waals surface area contributed by atoms with Crippen molar-refractivity contribution in [3.8, 4) is 11.4 Å². The van der Waals surface area contributed by atoms with Gasteiger partial charge in [0.25, 0.3) is 0 Å². The number of alkyl halides is 1. The van der Waals surface area contributed by atoms with E-state index in [0.717, 1.165) is 24.4 Å². The van der Waals surface area contributed by atoms with Crippen LogP contribution in [-0.4, -0.2) is 63.8 Å². The third-order valence-corrected chi connectivity index (χ3v) is 9.56. The molecule has 0 bridgehead atoms. The van der Waals surface area contributed by atoms with Crippen molar-refractivity contribution in [2.45, 2.75) is 38.4 Å². The van der Waals surface area contributed by atoms with Gasteiger partial charge in [0.05, 0.1) is 41.8 Å². The van der Waals surface area contributed by atoms with E-state index in [1.165, 1.54) is 28.8 Å². The molecular weight excluding hydrogens is 774 g/mol. The monoisotopic (exact) mass is 803 g/mol. The molecule has 0 unspecified atom stereocenters. The number of hydrogen-bond donors (Lipinski definition) is 1. The molecule has 1 aliphatic heterocycles. The molecule has 1 saturated heterocycles. The first-order valence-corrected chi connectivity index (χ1v) is 17.7. The molecule has 1 aliphatic rings. The molecule has 2 amide bonds. The van der Waals surface area contributed by atoms with Crippen LogP contribution in [0.2, 0.25) is 10.0 Å². The van der Waals surface area contributed by atoms with Crippen LogP contribution in [0.15, 0.2) is 60.9 Å². The number of rotatable bonds is 12. The molecule has 1 N–H and O–H groups in total. The number of nitrogens with one attached hydrogen (secondary N) is 1. The maximum absolute atomic E-state index is 15.0. The number of morpholine rings is 1. The number of ether oxygens (including phenoxy) is 3. The first kappa shape index (κ1) is 38.8. The van der Waals surface area contributed by atoms with E-state index in [9.17, 15) is 27.6 Å². The molecule has 0 saturated carbocycles. The van der Waals surface area contributed by atoms with Crippen molar-refractivity contribution in [2.75, 3.05) is 26.4 Å². The van der Waals surface area contributed by atoms with Crippen molar-refractivity contribution in [1.82, 2.24) is 25.0 Å². The van der Waals surface area contributed by atoms with Crippen molar-refractivity contribution in [3.63, 3.8) is 0 Å². The molecule has 17 heteroatoms. The second-order valence-electron chi connectivity index (χ2n) is 12.4. The summed E-state index contributed by atoms with van der Waals surface area (Å²) < 4.78 is 61.8. The first-order chi connectivity index (χ1) is 25.8. The Kier molecular flexibility index (Phi) is 12.0. The Hall–Kier alpha value is -4.89. The number of aromatic nitrogens is 3. The standard InChI is InChI=1S/C37H31Cl3F3N5O6/c1-19-6-32(48-13-23(43)12-44-48)24-4-3-5-34(37(24)45-19)53-15-28-26(8-22(42)10-30(28)40)33-17-52-18-35(50)47(33)14-36(51)54-16-31(46-20(2)49)25-7-21(41)9-29(39)27(25)11-38/h3-10,12-13,31,33H,11,14-18H2,1-2H3,(H,46,49)/t31-,33-/m0/s1. The quantitative estimate of drug-likeness (QED) is 0.105. The zero-order valence-electron chi connectivity index (χ0n) is 28.7. The lowest BCUT2D eigenvalue weighted by Gasteiger charge is -2.36. The van der Waals surface area contributed by atoms with Gasteiger partial charge in [0.15, 0.2) is 5.82 Å². The van der Waals surface area contributed by atoms with Gasteiger partial charge in [-0.3, -0.25) is 14.4 Å². The molecule has 0 spiro atoms. The van der Waals surface area contributed by atoms with Crippen LogP contribution in [0, 0.1) is 24.4 Å². The Morgan fingerprint density at radius 1 is 1.06 bits per heavy atom. The van der Waals surface area contributed by atoms with Gasteiger partial charge >= 0.3 is 5.97 Å². The second-order valence-corrected chi connectivity index (χ2v) is 13.4. The van der Waals surface area contributed by atoms with Gasteiger partial charge in [-0.05, 0) is 60.0 Å². The summed E-state index contributed by atoms with van der Waals surface area (Å²) in [5.41, 5.74) is 2.68. The molecular formula is C37H31Cl3F3N5O6. The van der Waals surface area contributed by atoms with Gasteiger partial charge in [0, 0.05) is 34.5 Å². The summed E-state index contributed by atoms with van der Waals surface area (Å²) in [7, 11) is 0. The molecule has 3 heterocycles. The zero-order chi connectivity index (χ0) is 38.7. The predicted octanol–water partition coefficient (Wildman–Crippen LogP) is 7.09. The van der Waals surface area contributed by atoms with Crippen LogP contribution in [0.1, 0.15) is 47.0 Å². The fourth-order valence-electron chi connectivity index (χ4n) is 6.24. The Labute approximate surface area is 321 Å². The van der Waals surface area contributed by atoms with Crippen LogP contribution in [0.3, 0.4) is 0 Å². The van der Waals surface area contributed by atoms with E-state index < -0.39 is 60.5 Å². The maximum atomic E-state index is 15.0. The maximum Gasteiger partial charge on any atom is 0.325 e. The highest BCUT2D eigenvalue weighted by Gasteiger charge is 2.35. The van der Waals surface area contributed by atoms with Crippen LogP contribution < -0.4 is 10.1 Å². The molecule has 11 nitrogen and oxygen atoms in total. The van der Waals surface area contributed by atoms with Crippen molar-refractivity contribution in [3.05, 3.63) is 116 Å². The first-order valence-electron chi connectivity index (χ1n) is 16.4. The molecule has 5 aromatic rings. The summed E-state index contributed by atoms with van der Waals surface area (Å²) in [5.74, 6) is -3.67. The number of pyridine rings is 1. The van der Waals surface area contributed by atoms with Crippen molar-refractivity contribution in [2.24, 2.45) is 0 Å². The van der Waals surface area contributed by atoms with Crippen LogP contribution in [0.5, 0.6) is 5.75 Å². The van der Waals surface area contributed by atoms with Gasteiger partial charge < -0.3 is 24.4 Å². The smallest absolute Gasteiger partial charge is 0.325 e. The van der Waals surface area contributed by atoms with E-state index in [-0.39, 0.29) is 46.9 Å². The van der Waals surface area contributed by atoms with Crippen LogP contribution in [0.25, 0.3) is 16.6 Å². The molecule has 54 heavy (non-hydrogen) atoms. The van der Waals surface area contributed by atoms with E-state index in [0.29, 0.717) is 39.2 Å². The normalized spacial score (nSPS) is 15.0. The van der Waals surface area contributed by atoms with Crippen LogP contribution >= 0.6 is 34.8 Å². The SMILES string of the molecule is CC(=O)N[C@@H](COC(=O)CN1C(=O)COC[C@H]1c1cc(F)cc(Cl)c1COc1cccc2c(-n3cc(F)cn3)cc(C)nc12)c1cc(F)cc(Cl)c1CCl. The second kappa shape index (κ2) is 16.6. The largest absolute Gasteiger partial charge is 0.487 e. The Balaban J connectivity index is 1.25. The zero-order valence-corrected chi connectivity index (χ0v) is 30.9. The van der Waals surface area contributed by atoms with Crippen LogP contribution in [0.4, 0.5) is 13.2 Å². The van der Waals surface area contributed by atoms with Gasteiger partial charge in [0.2, 0.25) is 11.8 Å². The number of fused-ring (bicyclic) bond motifs is 1. The molecule has 1 fully saturated rings. The van der Waals surface area contributed by atoms with Gasteiger partial charge in [0.1, 0.15) is 49.3 Å². The van der Waals surface area contributed by atoms with Crippen molar-refractivity contribution >= 4 is 63.5 Å². The van der Waals surface area contributed by atoms with E-state index in [1.807, 2.05) is 0 Å². The predicted molar refractivity (Wildman–Crippen MR) is 193 cm³/mol. The Morgan fingerprint density at radius 3 is 2.50 bits per heavy atom. The number of hydrogen-bond acceptors (Lipinski definition) is 8. The summed E-state index contributed by atoms with van der Waals surface area (Å²) in [5, 5.41) is 7.32. The lowest BCUT2D eigenvalue weighted by Crippen LogP contribution is -2.47. The third-order valence-electron chi connectivity index (χ3n) is 8.62. The number of amides is 2. The van der Waals surface area contributed by atoms with Gasteiger partial charge in [-0.25, -0.2) is 22.8 Å². The minimum Gasteiger partial charge on any atom is -0.487 e. The van der Waals surface area contributed by atoms with Gasteiger partial charge in [-0.1, -0.05) is 35.3 Å².